The van der Waals surface area contributed by atoms with E-state index in [9.17, 15) is 10.1 Å². The zero-order valence-electron chi connectivity index (χ0n) is 13.4. The fourth-order valence-corrected chi connectivity index (χ4v) is 2.57. The molecule has 0 bridgehead atoms. The van der Waals surface area contributed by atoms with Crippen LogP contribution < -0.4 is 5.32 Å². The SMILES string of the molecule is N#C/C(=C/c1ccc(-c2cccc(Cl)c2)o1)C(=O)Nc1ccc(Cl)cc1. The number of amides is 1. The number of furan rings is 1. The highest BCUT2D eigenvalue weighted by Crippen LogP contribution is 2.26. The smallest absolute Gasteiger partial charge is 0.266 e. The Balaban J connectivity index is 1.80. The number of carbonyl (C=O) groups excluding carboxylic acids is 1. The number of anilines is 1. The molecule has 1 heterocycles. The molecule has 0 aliphatic rings. The van der Waals surface area contributed by atoms with Crippen molar-refractivity contribution in [3.63, 3.8) is 0 Å². The van der Waals surface area contributed by atoms with Crippen molar-refractivity contribution in [3.8, 4) is 17.4 Å². The number of nitriles is 1. The van der Waals surface area contributed by atoms with Crippen molar-refractivity contribution in [2.75, 3.05) is 5.32 Å². The third-order valence-corrected chi connectivity index (χ3v) is 3.98. The molecule has 4 nitrogen and oxygen atoms in total. The average Bonchev–Trinajstić information content (AvgIpc) is 3.10. The Morgan fingerprint density at radius 1 is 1.04 bits per heavy atom. The minimum absolute atomic E-state index is 0.0769. The van der Waals surface area contributed by atoms with E-state index in [1.807, 2.05) is 18.2 Å². The Bertz CT molecular complexity index is 1010. The van der Waals surface area contributed by atoms with Gasteiger partial charge in [0.05, 0.1) is 0 Å². The van der Waals surface area contributed by atoms with Crippen molar-refractivity contribution >= 4 is 40.9 Å². The van der Waals surface area contributed by atoms with Crippen LogP contribution in [0, 0.1) is 11.3 Å². The highest BCUT2D eigenvalue weighted by Gasteiger charge is 2.11. The Hall–Kier alpha value is -3.00. The lowest BCUT2D eigenvalue weighted by atomic mass is 10.2. The Morgan fingerprint density at radius 3 is 2.50 bits per heavy atom. The number of rotatable bonds is 4. The van der Waals surface area contributed by atoms with Crippen LogP contribution in [0.25, 0.3) is 17.4 Å². The van der Waals surface area contributed by atoms with Crippen molar-refractivity contribution in [3.05, 3.63) is 82.0 Å². The molecular weight excluding hydrogens is 371 g/mol. The normalized spacial score (nSPS) is 11.0. The maximum absolute atomic E-state index is 12.3. The molecule has 0 unspecified atom stereocenters. The van der Waals surface area contributed by atoms with E-state index < -0.39 is 5.91 Å². The van der Waals surface area contributed by atoms with Crippen LogP contribution in [0.15, 0.2) is 70.7 Å². The van der Waals surface area contributed by atoms with Gasteiger partial charge < -0.3 is 9.73 Å². The molecule has 0 saturated carbocycles. The quantitative estimate of drug-likeness (QED) is 0.457. The summed E-state index contributed by atoms with van der Waals surface area (Å²) in [6, 6.07) is 19.1. The number of carbonyl (C=O) groups is 1. The predicted molar refractivity (Wildman–Crippen MR) is 103 cm³/mol. The molecule has 0 aliphatic heterocycles. The monoisotopic (exact) mass is 382 g/mol. The number of halogens is 2. The average molecular weight is 383 g/mol. The molecular formula is C20H12Cl2N2O2. The van der Waals surface area contributed by atoms with E-state index in [2.05, 4.69) is 5.32 Å². The van der Waals surface area contributed by atoms with E-state index in [-0.39, 0.29) is 5.57 Å². The molecule has 3 rings (SSSR count). The second kappa shape index (κ2) is 7.92. The van der Waals surface area contributed by atoms with E-state index in [1.54, 1.807) is 48.5 Å². The summed E-state index contributed by atoms with van der Waals surface area (Å²) in [5.41, 5.74) is 1.27. The van der Waals surface area contributed by atoms with Crippen LogP contribution in [0.5, 0.6) is 0 Å². The number of nitrogens with zero attached hydrogens (tertiary/aromatic N) is 1. The summed E-state index contributed by atoms with van der Waals surface area (Å²) >= 11 is 11.8. The van der Waals surface area contributed by atoms with Gasteiger partial charge >= 0.3 is 0 Å². The van der Waals surface area contributed by atoms with Crippen molar-refractivity contribution in [1.82, 2.24) is 0 Å². The maximum Gasteiger partial charge on any atom is 0.266 e. The maximum atomic E-state index is 12.3. The van der Waals surface area contributed by atoms with Gasteiger partial charge in [-0.3, -0.25) is 4.79 Å². The van der Waals surface area contributed by atoms with Crippen molar-refractivity contribution in [2.24, 2.45) is 0 Å². The Morgan fingerprint density at radius 2 is 1.81 bits per heavy atom. The Kier molecular flexibility index (Phi) is 5.43. The fourth-order valence-electron chi connectivity index (χ4n) is 2.25. The van der Waals surface area contributed by atoms with Crippen LogP contribution in [-0.4, -0.2) is 5.91 Å². The van der Waals surface area contributed by atoms with Gasteiger partial charge in [0.15, 0.2) is 0 Å². The third-order valence-electron chi connectivity index (χ3n) is 3.49. The first-order valence-corrected chi connectivity index (χ1v) is 8.35. The predicted octanol–water partition coefficient (Wildman–Crippen LogP) is 5.80. The zero-order chi connectivity index (χ0) is 18.5. The summed E-state index contributed by atoms with van der Waals surface area (Å²) < 4.78 is 5.69. The highest BCUT2D eigenvalue weighted by molar-refractivity contribution is 6.31. The van der Waals surface area contributed by atoms with Gasteiger partial charge in [-0.1, -0.05) is 35.3 Å². The van der Waals surface area contributed by atoms with Crippen LogP contribution in [0.4, 0.5) is 5.69 Å². The van der Waals surface area contributed by atoms with Gasteiger partial charge in [0.1, 0.15) is 23.2 Å². The molecule has 0 atom stereocenters. The van der Waals surface area contributed by atoms with Crippen molar-refractivity contribution < 1.29 is 9.21 Å². The lowest BCUT2D eigenvalue weighted by Gasteiger charge is -2.03. The largest absolute Gasteiger partial charge is 0.457 e. The molecule has 0 spiro atoms. The molecule has 0 radical (unpaired) electrons. The summed E-state index contributed by atoms with van der Waals surface area (Å²) in [4.78, 5) is 12.3. The topological polar surface area (TPSA) is 66.0 Å². The molecule has 3 aromatic rings. The van der Waals surface area contributed by atoms with Gasteiger partial charge in [-0.05, 0) is 48.5 Å². The summed E-state index contributed by atoms with van der Waals surface area (Å²) in [5, 5.41) is 13.1. The van der Waals surface area contributed by atoms with E-state index in [0.717, 1.165) is 5.56 Å². The molecule has 26 heavy (non-hydrogen) atoms. The van der Waals surface area contributed by atoms with Crippen molar-refractivity contribution in [1.29, 1.82) is 5.26 Å². The summed E-state index contributed by atoms with van der Waals surface area (Å²) in [6.45, 7) is 0. The van der Waals surface area contributed by atoms with Crippen LogP contribution in [0.2, 0.25) is 10.0 Å². The first-order chi connectivity index (χ1) is 12.5. The molecule has 0 aliphatic carbocycles. The molecule has 0 saturated heterocycles. The fraction of sp³-hybridized carbons (Fsp3) is 0. The molecule has 1 aromatic heterocycles. The lowest BCUT2D eigenvalue weighted by molar-refractivity contribution is -0.112. The molecule has 128 valence electrons. The lowest BCUT2D eigenvalue weighted by Crippen LogP contribution is -2.13. The van der Waals surface area contributed by atoms with Gasteiger partial charge in [-0.15, -0.1) is 0 Å². The molecule has 0 fully saturated rings. The summed E-state index contributed by atoms with van der Waals surface area (Å²) in [5.74, 6) is 0.451. The second-order valence-corrected chi connectivity index (χ2v) is 6.22. The number of benzene rings is 2. The van der Waals surface area contributed by atoms with E-state index in [1.165, 1.54) is 6.08 Å². The van der Waals surface area contributed by atoms with Gasteiger partial charge in [0, 0.05) is 27.4 Å². The van der Waals surface area contributed by atoms with Gasteiger partial charge in [-0.25, -0.2) is 0 Å². The van der Waals surface area contributed by atoms with Gasteiger partial charge in [0.25, 0.3) is 5.91 Å². The molecule has 2 aromatic carbocycles. The van der Waals surface area contributed by atoms with Crippen LogP contribution in [-0.2, 0) is 4.79 Å². The van der Waals surface area contributed by atoms with Gasteiger partial charge in [0.2, 0.25) is 0 Å². The summed E-state index contributed by atoms with van der Waals surface area (Å²) in [7, 11) is 0. The van der Waals surface area contributed by atoms with E-state index in [0.29, 0.717) is 27.3 Å². The highest BCUT2D eigenvalue weighted by atomic mass is 35.5. The number of nitrogens with one attached hydrogen (secondary N) is 1. The number of hydrogen-bond acceptors (Lipinski definition) is 3. The zero-order valence-corrected chi connectivity index (χ0v) is 14.9. The minimum Gasteiger partial charge on any atom is -0.457 e. The van der Waals surface area contributed by atoms with Crippen LogP contribution in [0.3, 0.4) is 0 Å². The molecule has 1 N–H and O–H groups in total. The van der Waals surface area contributed by atoms with E-state index >= 15 is 0 Å². The molecule has 1 amide bonds. The number of hydrogen-bond donors (Lipinski definition) is 1. The molecule has 6 heteroatoms. The third kappa shape index (κ3) is 4.34. The van der Waals surface area contributed by atoms with Gasteiger partial charge in [-0.2, -0.15) is 5.26 Å². The summed E-state index contributed by atoms with van der Waals surface area (Å²) in [6.07, 6.45) is 1.39. The minimum atomic E-state index is -0.532. The van der Waals surface area contributed by atoms with Crippen molar-refractivity contribution in [2.45, 2.75) is 0 Å². The van der Waals surface area contributed by atoms with Crippen LogP contribution in [0.1, 0.15) is 5.76 Å². The standard InChI is InChI=1S/C20H12Cl2N2O2/c21-15-4-6-17(7-5-15)24-20(25)14(12-23)11-18-8-9-19(26-18)13-2-1-3-16(22)10-13/h1-11H,(H,24,25)/b14-11-. The first-order valence-electron chi connectivity index (χ1n) is 7.59. The second-order valence-electron chi connectivity index (χ2n) is 5.34. The Labute approximate surface area is 160 Å². The first kappa shape index (κ1) is 17.8. The van der Waals surface area contributed by atoms with E-state index in [4.69, 9.17) is 27.6 Å². The van der Waals surface area contributed by atoms with Crippen LogP contribution >= 0.6 is 23.2 Å².